The van der Waals surface area contributed by atoms with Gasteiger partial charge in [0.05, 0.1) is 5.57 Å². The van der Waals surface area contributed by atoms with Crippen LogP contribution in [0.15, 0.2) is 48.3 Å². The Hall–Kier alpha value is -2.53. The minimum atomic E-state index is 0.0417. The number of fused-ring (bicyclic) bond motifs is 1. The van der Waals surface area contributed by atoms with Crippen LogP contribution in [0.25, 0.3) is 6.08 Å². The molecule has 0 radical (unpaired) electrons. The molecule has 0 spiro atoms. The molecule has 25 heavy (non-hydrogen) atoms. The van der Waals surface area contributed by atoms with E-state index in [4.69, 9.17) is 16.3 Å². The number of halogens is 1. The fraction of sp³-hybridized carbons (Fsp3) is 0.263. The van der Waals surface area contributed by atoms with Gasteiger partial charge < -0.3 is 14.5 Å². The molecule has 1 fully saturated rings. The molecule has 0 saturated carbocycles. The van der Waals surface area contributed by atoms with E-state index in [-0.39, 0.29) is 5.91 Å². The highest BCUT2D eigenvalue weighted by molar-refractivity contribution is 6.30. The molecule has 2 aliphatic rings. The van der Waals surface area contributed by atoms with Crippen LogP contribution in [0.1, 0.15) is 5.56 Å². The van der Waals surface area contributed by atoms with E-state index < -0.39 is 0 Å². The number of rotatable bonds is 2. The van der Waals surface area contributed by atoms with Gasteiger partial charge in [-0.25, -0.2) is 0 Å². The Morgan fingerprint density at radius 2 is 1.84 bits per heavy atom. The Bertz CT molecular complexity index is 815. The highest BCUT2D eigenvalue weighted by atomic mass is 35.5. The molecule has 1 saturated heterocycles. The first-order valence-corrected chi connectivity index (χ1v) is 8.66. The summed E-state index contributed by atoms with van der Waals surface area (Å²) in [5, 5.41) is 0.637. The van der Waals surface area contributed by atoms with Crippen LogP contribution < -0.4 is 9.64 Å². The Balaban J connectivity index is 1.44. The van der Waals surface area contributed by atoms with Gasteiger partial charge in [0.2, 0.25) is 0 Å². The van der Waals surface area contributed by atoms with Gasteiger partial charge in [0.25, 0.3) is 5.91 Å². The number of hydrogen-bond donors (Lipinski definition) is 0. The van der Waals surface area contributed by atoms with Crippen molar-refractivity contribution in [3.05, 3.63) is 58.9 Å². The zero-order valence-corrected chi connectivity index (χ0v) is 14.4. The van der Waals surface area contributed by atoms with Crippen molar-refractivity contribution in [3.63, 3.8) is 0 Å². The molecule has 1 aromatic heterocycles. The van der Waals surface area contributed by atoms with E-state index in [2.05, 4.69) is 9.88 Å². The molecule has 128 valence electrons. The van der Waals surface area contributed by atoms with E-state index >= 15 is 0 Å². The van der Waals surface area contributed by atoms with Crippen LogP contribution in [-0.4, -0.2) is 48.6 Å². The van der Waals surface area contributed by atoms with E-state index in [9.17, 15) is 4.79 Å². The summed E-state index contributed by atoms with van der Waals surface area (Å²) < 4.78 is 5.70. The number of amides is 1. The largest absolute Gasteiger partial charge is 0.488 e. The quantitative estimate of drug-likeness (QED) is 0.831. The van der Waals surface area contributed by atoms with E-state index in [0.717, 1.165) is 30.1 Å². The summed E-state index contributed by atoms with van der Waals surface area (Å²) in [5.74, 6) is 0.809. The van der Waals surface area contributed by atoms with Gasteiger partial charge in [-0.05, 0) is 36.4 Å². The normalized spacial score (nSPS) is 16.8. The lowest BCUT2D eigenvalue weighted by molar-refractivity contribution is -0.127. The zero-order valence-electron chi connectivity index (χ0n) is 13.7. The topological polar surface area (TPSA) is 45.7 Å². The van der Waals surface area contributed by atoms with Crippen LogP contribution in [-0.2, 0) is 4.79 Å². The van der Waals surface area contributed by atoms with Crippen LogP contribution in [0.4, 0.5) is 5.69 Å². The third-order valence-corrected chi connectivity index (χ3v) is 4.79. The lowest BCUT2D eigenvalue weighted by Gasteiger charge is -2.36. The molecule has 6 heteroatoms. The van der Waals surface area contributed by atoms with Gasteiger partial charge in [0.1, 0.15) is 12.4 Å². The molecule has 0 atom stereocenters. The fourth-order valence-corrected chi connectivity index (χ4v) is 3.38. The van der Waals surface area contributed by atoms with Crippen LogP contribution in [0.3, 0.4) is 0 Å². The molecular formula is C19H18ClN3O2. The van der Waals surface area contributed by atoms with Crippen LogP contribution >= 0.6 is 11.6 Å². The van der Waals surface area contributed by atoms with Gasteiger partial charge in [-0.15, -0.1) is 0 Å². The Morgan fingerprint density at radius 1 is 1.08 bits per heavy atom. The van der Waals surface area contributed by atoms with Crippen molar-refractivity contribution in [2.75, 3.05) is 37.7 Å². The molecule has 1 amide bonds. The second-order valence-electron chi connectivity index (χ2n) is 6.13. The molecule has 2 aliphatic heterocycles. The Kier molecular flexibility index (Phi) is 4.32. The third kappa shape index (κ3) is 3.33. The predicted octanol–water partition coefficient (Wildman–Crippen LogP) is 2.86. The van der Waals surface area contributed by atoms with Gasteiger partial charge >= 0.3 is 0 Å². The average molecular weight is 356 g/mol. The predicted molar refractivity (Wildman–Crippen MR) is 98.0 cm³/mol. The summed E-state index contributed by atoms with van der Waals surface area (Å²) in [6, 6.07) is 9.44. The number of anilines is 1. The van der Waals surface area contributed by atoms with Gasteiger partial charge in [-0.1, -0.05) is 11.6 Å². The monoisotopic (exact) mass is 355 g/mol. The molecule has 5 nitrogen and oxygen atoms in total. The number of aromatic nitrogens is 1. The third-order valence-electron chi connectivity index (χ3n) is 4.55. The maximum absolute atomic E-state index is 12.8. The molecular weight excluding hydrogens is 338 g/mol. The van der Waals surface area contributed by atoms with Crippen molar-refractivity contribution in [2.45, 2.75) is 0 Å². The fourth-order valence-electron chi connectivity index (χ4n) is 3.20. The average Bonchev–Trinajstić information content (AvgIpc) is 2.67. The summed E-state index contributed by atoms with van der Waals surface area (Å²) in [7, 11) is 0. The first kappa shape index (κ1) is 16.0. The summed E-state index contributed by atoms with van der Waals surface area (Å²) in [6.45, 7) is 3.32. The van der Waals surface area contributed by atoms with Gasteiger partial charge in [0, 0.05) is 54.8 Å². The number of hydrogen-bond acceptors (Lipinski definition) is 4. The number of piperazine rings is 1. The smallest absolute Gasteiger partial charge is 0.253 e. The summed E-state index contributed by atoms with van der Waals surface area (Å²) in [4.78, 5) is 21.0. The van der Waals surface area contributed by atoms with Gasteiger partial charge in [-0.2, -0.15) is 0 Å². The molecule has 0 bridgehead atoms. The molecule has 0 aliphatic carbocycles. The molecule has 0 N–H and O–H groups in total. The standard InChI is InChI=1S/C19H18ClN3O2/c20-16-1-2-18-14(12-16)11-15(13-25-18)19(24)23-9-7-22(8-10-23)17-3-5-21-6-4-17/h1-6,11-12H,7-10,13H2. The Morgan fingerprint density at radius 3 is 2.60 bits per heavy atom. The van der Waals surface area contributed by atoms with Gasteiger partial charge in [0.15, 0.2) is 0 Å². The molecule has 4 rings (SSSR count). The van der Waals surface area contributed by atoms with Gasteiger partial charge in [-0.3, -0.25) is 9.78 Å². The SMILES string of the molecule is O=C(C1=Cc2cc(Cl)ccc2OC1)N1CCN(c2ccncc2)CC1. The van der Waals surface area contributed by atoms with Crippen LogP contribution in [0, 0.1) is 0 Å². The first-order chi connectivity index (χ1) is 12.2. The highest BCUT2D eigenvalue weighted by Gasteiger charge is 2.26. The summed E-state index contributed by atoms with van der Waals surface area (Å²) in [5.41, 5.74) is 2.68. The highest BCUT2D eigenvalue weighted by Crippen LogP contribution is 2.29. The van der Waals surface area contributed by atoms with E-state index in [1.807, 2.05) is 35.2 Å². The summed E-state index contributed by atoms with van der Waals surface area (Å²) in [6.07, 6.45) is 5.47. The van der Waals surface area contributed by atoms with Crippen molar-refractivity contribution in [3.8, 4) is 5.75 Å². The van der Waals surface area contributed by atoms with Crippen molar-refractivity contribution in [2.24, 2.45) is 0 Å². The van der Waals surface area contributed by atoms with E-state index in [0.29, 0.717) is 30.3 Å². The van der Waals surface area contributed by atoms with E-state index in [1.54, 1.807) is 18.5 Å². The lowest BCUT2D eigenvalue weighted by atomic mass is 10.1. The summed E-state index contributed by atoms with van der Waals surface area (Å²) >= 11 is 6.04. The molecule has 1 aromatic carbocycles. The first-order valence-electron chi connectivity index (χ1n) is 8.28. The maximum atomic E-state index is 12.8. The molecule has 2 aromatic rings. The molecule has 0 unspecified atom stereocenters. The zero-order chi connectivity index (χ0) is 17.2. The lowest BCUT2D eigenvalue weighted by Crippen LogP contribution is -2.49. The van der Waals surface area contributed by atoms with Crippen molar-refractivity contribution >= 4 is 29.3 Å². The number of carbonyl (C=O) groups is 1. The van der Waals surface area contributed by atoms with Crippen molar-refractivity contribution in [1.29, 1.82) is 0 Å². The number of nitrogens with zero attached hydrogens (tertiary/aromatic N) is 3. The van der Waals surface area contributed by atoms with Crippen molar-refractivity contribution in [1.82, 2.24) is 9.88 Å². The van der Waals surface area contributed by atoms with Crippen LogP contribution in [0.5, 0.6) is 5.75 Å². The Labute approximate surface area is 151 Å². The molecule has 3 heterocycles. The van der Waals surface area contributed by atoms with Crippen molar-refractivity contribution < 1.29 is 9.53 Å². The number of pyridine rings is 1. The maximum Gasteiger partial charge on any atom is 0.253 e. The second-order valence-corrected chi connectivity index (χ2v) is 6.56. The number of ether oxygens (including phenoxy) is 1. The minimum absolute atomic E-state index is 0.0417. The number of benzene rings is 1. The minimum Gasteiger partial charge on any atom is -0.488 e. The second kappa shape index (κ2) is 6.76. The number of carbonyl (C=O) groups excluding carboxylic acids is 1. The van der Waals surface area contributed by atoms with Crippen LogP contribution in [0.2, 0.25) is 5.02 Å². The van der Waals surface area contributed by atoms with E-state index in [1.165, 1.54) is 0 Å².